The number of carbonyl (C=O) groups excluding carboxylic acids is 1. The van der Waals surface area contributed by atoms with Crippen LogP contribution in [0.3, 0.4) is 0 Å². The van der Waals surface area contributed by atoms with Gasteiger partial charge in [0.25, 0.3) is 0 Å². The van der Waals surface area contributed by atoms with Gasteiger partial charge in [-0.05, 0) is 32.9 Å². The van der Waals surface area contributed by atoms with E-state index < -0.39 is 5.60 Å². The molecule has 0 fully saturated rings. The van der Waals surface area contributed by atoms with Crippen LogP contribution >= 0.6 is 0 Å². The molecule has 0 saturated carbocycles. The first-order chi connectivity index (χ1) is 9.28. The van der Waals surface area contributed by atoms with Crippen molar-refractivity contribution in [2.24, 2.45) is 13.0 Å². The highest BCUT2D eigenvalue weighted by Gasteiger charge is 2.23. The number of para-hydroxylation sites is 2. The maximum atomic E-state index is 12.0. The molecule has 0 amide bonds. The van der Waals surface area contributed by atoms with E-state index in [1.165, 1.54) is 0 Å². The van der Waals surface area contributed by atoms with E-state index in [4.69, 9.17) is 4.74 Å². The molecule has 1 atom stereocenters. The van der Waals surface area contributed by atoms with E-state index in [2.05, 4.69) is 4.98 Å². The summed E-state index contributed by atoms with van der Waals surface area (Å²) in [6.45, 7) is 7.53. The van der Waals surface area contributed by atoms with Crippen LogP contribution in [0.5, 0.6) is 0 Å². The molecule has 108 valence electrons. The quantitative estimate of drug-likeness (QED) is 0.808. The lowest BCUT2D eigenvalue weighted by atomic mass is 10.1. The Morgan fingerprint density at radius 1 is 1.35 bits per heavy atom. The number of aromatic nitrogens is 2. The van der Waals surface area contributed by atoms with Crippen molar-refractivity contribution in [2.75, 3.05) is 0 Å². The minimum absolute atomic E-state index is 0.176. The molecule has 0 aliphatic carbocycles. The van der Waals surface area contributed by atoms with Gasteiger partial charge in [0.15, 0.2) is 0 Å². The molecular formula is C16H22N2O2. The molecule has 0 radical (unpaired) electrons. The topological polar surface area (TPSA) is 44.1 Å². The van der Waals surface area contributed by atoms with Crippen LogP contribution in [0.15, 0.2) is 24.3 Å². The van der Waals surface area contributed by atoms with E-state index in [0.717, 1.165) is 16.9 Å². The molecule has 2 rings (SSSR count). The van der Waals surface area contributed by atoms with Gasteiger partial charge in [0.1, 0.15) is 11.4 Å². The van der Waals surface area contributed by atoms with Crippen molar-refractivity contribution in [1.82, 2.24) is 9.55 Å². The lowest BCUT2D eigenvalue weighted by Crippen LogP contribution is -2.28. The molecule has 0 aliphatic heterocycles. The predicted molar refractivity (Wildman–Crippen MR) is 79.4 cm³/mol. The molecule has 0 N–H and O–H groups in total. The number of fused-ring (bicyclic) bond motifs is 1. The van der Waals surface area contributed by atoms with Crippen LogP contribution < -0.4 is 0 Å². The van der Waals surface area contributed by atoms with E-state index in [0.29, 0.717) is 6.42 Å². The van der Waals surface area contributed by atoms with Gasteiger partial charge in [-0.2, -0.15) is 0 Å². The molecule has 0 spiro atoms. The molecule has 1 aromatic heterocycles. The van der Waals surface area contributed by atoms with E-state index in [1.807, 2.05) is 63.6 Å². The van der Waals surface area contributed by atoms with Crippen LogP contribution in [0.2, 0.25) is 0 Å². The van der Waals surface area contributed by atoms with Gasteiger partial charge in [-0.15, -0.1) is 0 Å². The molecule has 1 unspecified atom stereocenters. The second-order valence-corrected chi connectivity index (χ2v) is 6.21. The second kappa shape index (κ2) is 5.27. The number of aryl methyl sites for hydroxylation is 1. The van der Waals surface area contributed by atoms with Crippen molar-refractivity contribution < 1.29 is 9.53 Å². The van der Waals surface area contributed by atoms with Gasteiger partial charge in [-0.3, -0.25) is 4.79 Å². The van der Waals surface area contributed by atoms with Crippen LogP contribution in [0, 0.1) is 5.92 Å². The van der Waals surface area contributed by atoms with Crippen molar-refractivity contribution in [2.45, 2.75) is 39.7 Å². The summed E-state index contributed by atoms with van der Waals surface area (Å²) < 4.78 is 7.45. The zero-order chi connectivity index (χ0) is 14.9. The molecular weight excluding hydrogens is 252 g/mol. The number of esters is 1. The molecule has 1 heterocycles. The fourth-order valence-electron chi connectivity index (χ4n) is 2.14. The van der Waals surface area contributed by atoms with Crippen molar-refractivity contribution in [3.05, 3.63) is 30.1 Å². The molecule has 4 nitrogen and oxygen atoms in total. The zero-order valence-electron chi connectivity index (χ0n) is 12.8. The number of carbonyl (C=O) groups is 1. The minimum atomic E-state index is -0.447. The molecule has 0 aliphatic rings. The van der Waals surface area contributed by atoms with Crippen LogP contribution in [0.1, 0.15) is 33.5 Å². The summed E-state index contributed by atoms with van der Waals surface area (Å²) in [5.74, 6) is 0.527. The van der Waals surface area contributed by atoms with Gasteiger partial charge in [0.2, 0.25) is 0 Å². The summed E-state index contributed by atoms with van der Waals surface area (Å²) in [6.07, 6.45) is 0.583. The van der Waals surface area contributed by atoms with E-state index in [9.17, 15) is 4.79 Å². The number of benzene rings is 1. The summed E-state index contributed by atoms with van der Waals surface area (Å²) in [6, 6.07) is 7.97. The fraction of sp³-hybridized carbons (Fsp3) is 0.500. The fourth-order valence-corrected chi connectivity index (χ4v) is 2.14. The standard InChI is InChI=1S/C16H22N2O2/c1-11(15(19)20-16(2,3)4)10-14-17-12-8-6-7-9-13(12)18(14)5/h6-9,11H,10H2,1-5H3. The van der Waals surface area contributed by atoms with Gasteiger partial charge in [-0.1, -0.05) is 19.1 Å². The monoisotopic (exact) mass is 274 g/mol. The maximum Gasteiger partial charge on any atom is 0.309 e. The summed E-state index contributed by atoms with van der Waals surface area (Å²) in [4.78, 5) is 16.6. The highest BCUT2D eigenvalue weighted by Crippen LogP contribution is 2.18. The Balaban J connectivity index is 2.16. The Kier molecular flexibility index (Phi) is 3.84. The zero-order valence-corrected chi connectivity index (χ0v) is 12.8. The third kappa shape index (κ3) is 3.18. The normalized spacial score (nSPS) is 13.4. The van der Waals surface area contributed by atoms with Crippen LogP contribution in [0.4, 0.5) is 0 Å². The largest absolute Gasteiger partial charge is 0.460 e. The van der Waals surface area contributed by atoms with Crippen LogP contribution in [-0.2, 0) is 23.0 Å². The first-order valence-electron chi connectivity index (χ1n) is 6.91. The minimum Gasteiger partial charge on any atom is -0.460 e. The highest BCUT2D eigenvalue weighted by molar-refractivity contribution is 5.76. The molecule has 0 bridgehead atoms. The Morgan fingerprint density at radius 2 is 2.00 bits per heavy atom. The van der Waals surface area contributed by atoms with Crippen molar-refractivity contribution in [3.8, 4) is 0 Å². The number of imidazole rings is 1. The Bertz CT molecular complexity index is 623. The SMILES string of the molecule is CC(Cc1nc2ccccc2n1C)C(=O)OC(C)(C)C. The average molecular weight is 274 g/mol. The molecule has 4 heteroatoms. The van der Waals surface area contributed by atoms with Crippen molar-refractivity contribution >= 4 is 17.0 Å². The van der Waals surface area contributed by atoms with Gasteiger partial charge >= 0.3 is 5.97 Å². The smallest absolute Gasteiger partial charge is 0.309 e. The second-order valence-electron chi connectivity index (χ2n) is 6.21. The first-order valence-corrected chi connectivity index (χ1v) is 6.91. The van der Waals surface area contributed by atoms with Crippen molar-refractivity contribution in [3.63, 3.8) is 0 Å². The Hall–Kier alpha value is -1.84. The number of rotatable bonds is 3. The maximum absolute atomic E-state index is 12.0. The first kappa shape index (κ1) is 14.6. The number of ether oxygens (including phenoxy) is 1. The average Bonchev–Trinajstić information content (AvgIpc) is 2.65. The van der Waals surface area contributed by atoms with Crippen LogP contribution in [-0.4, -0.2) is 21.1 Å². The molecule has 20 heavy (non-hydrogen) atoms. The number of nitrogens with zero attached hydrogens (tertiary/aromatic N) is 2. The van der Waals surface area contributed by atoms with Crippen molar-refractivity contribution in [1.29, 1.82) is 0 Å². The Labute approximate surface area is 119 Å². The number of hydrogen-bond donors (Lipinski definition) is 0. The summed E-state index contributed by atoms with van der Waals surface area (Å²) in [7, 11) is 1.98. The highest BCUT2D eigenvalue weighted by atomic mass is 16.6. The van der Waals surface area contributed by atoms with E-state index >= 15 is 0 Å². The molecule has 2 aromatic rings. The summed E-state index contributed by atoms with van der Waals surface area (Å²) in [5, 5.41) is 0. The van der Waals surface area contributed by atoms with E-state index in [-0.39, 0.29) is 11.9 Å². The molecule has 1 aromatic carbocycles. The van der Waals surface area contributed by atoms with E-state index in [1.54, 1.807) is 0 Å². The molecule has 0 saturated heterocycles. The summed E-state index contributed by atoms with van der Waals surface area (Å²) >= 11 is 0. The Morgan fingerprint density at radius 3 is 2.60 bits per heavy atom. The van der Waals surface area contributed by atoms with Gasteiger partial charge in [-0.25, -0.2) is 4.98 Å². The third-order valence-corrected chi connectivity index (χ3v) is 3.18. The van der Waals surface area contributed by atoms with Gasteiger partial charge < -0.3 is 9.30 Å². The lowest BCUT2D eigenvalue weighted by Gasteiger charge is -2.22. The predicted octanol–water partition coefficient (Wildman–Crippen LogP) is 3.09. The number of hydrogen-bond acceptors (Lipinski definition) is 3. The third-order valence-electron chi connectivity index (χ3n) is 3.18. The summed E-state index contributed by atoms with van der Waals surface area (Å²) in [5.41, 5.74) is 1.60. The van der Waals surface area contributed by atoms with Gasteiger partial charge in [0.05, 0.1) is 17.0 Å². The van der Waals surface area contributed by atoms with Gasteiger partial charge in [0, 0.05) is 13.5 Å². The lowest BCUT2D eigenvalue weighted by molar-refractivity contribution is -0.159. The van der Waals surface area contributed by atoms with Crippen LogP contribution in [0.25, 0.3) is 11.0 Å².